The maximum absolute atomic E-state index is 12.1. The van der Waals surface area contributed by atoms with Gasteiger partial charge in [-0.3, -0.25) is 4.79 Å². The quantitative estimate of drug-likeness (QED) is 0.720. The monoisotopic (exact) mass is 335 g/mol. The molecule has 1 aliphatic rings. The van der Waals surface area contributed by atoms with Gasteiger partial charge in [-0.2, -0.15) is 0 Å². The van der Waals surface area contributed by atoms with Crippen LogP contribution in [0.3, 0.4) is 0 Å². The van der Waals surface area contributed by atoms with Gasteiger partial charge >= 0.3 is 0 Å². The highest BCUT2D eigenvalue weighted by atomic mass is 16.2. The highest BCUT2D eigenvalue weighted by molar-refractivity contribution is 6.31. The number of anilines is 3. The van der Waals surface area contributed by atoms with E-state index in [0.29, 0.717) is 5.57 Å². The van der Waals surface area contributed by atoms with Crippen molar-refractivity contribution in [2.24, 2.45) is 0 Å². The van der Waals surface area contributed by atoms with Crippen LogP contribution in [-0.2, 0) is 4.79 Å². The van der Waals surface area contributed by atoms with E-state index in [-0.39, 0.29) is 5.91 Å². The van der Waals surface area contributed by atoms with Gasteiger partial charge in [0.2, 0.25) is 0 Å². The smallest absolute Gasteiger partial charge is 0.257 e. The second-order valence-electron chi connectivity index (χ2n) is 6.18. The summed E-state index contributed by atoms with van der Waals surface area (Å²) in [5, 5.41) is 6.12. The number of nitrogens with one attached hydrogen (secondary N) is 2. The Bertz CT molecular complexity index is 765. The molecule has 0 unspecified atom stereocenters. The normalized spacial score (nSPS) is 14.3. The van der Waals surface area contributed by atoms with E-state index >= 15 is 0 Å². The Morgan fingerprint density at radius 3 is 2.56 bits per heavy atom. The van der Waals surface area contributed by atoms with Crippen LogP contribution in [-0.4, -0.2) is 19.0 Å². The standard InChI is InChI=1S/C21H25N3O/c1-3-5-14-24(4-2)17-12-10-16(11-13-17)22-15-19-18-8-6-7-9-20(18)23-21(19)25/h6-13,15,22H,3-5,14H2,1-2H3,(H,23,25). The van der Waals surface area contributed by atoms with E-state index in [9.17, 15) is 4.79 Å². The molecule has 1 aliphatic heterocycles. The van der Waals surface area contributed by atoms with Gasteiger partial charge in [0, 0.05) is 41.9 Å². The van der Waals surface area contributed by atoms with Gasteiger partial charge in [-0.25, -0.2) is 0 Å². The second kappa shape index (κ2) is 7.88. The molecule has 0 radical (unpaired) electrons. The van der Waals surface area contributed by atoms with Gasteiger partial charge in [-0.15, -0.1) is 0 Å². The molecule has 0 saturated carbocycles. The van der Waals surface area contributed by atoms with Crippen molar-refractivity contribution in [1.29, 1.82) is 0 Å². The fourth-order valence-electron chi connectivity index (χ4n) is 3.02. The van der Waals surface area contributed by atoms with E-state index < -0.39 is 0 Å². The zero-order valence-corrected chi connectivity index (χ0v) is 14.9. The predicted octanol–water partition coefficient (Wildman–Crippen LogP) is 4.72. The largest absolute Gasteiger partial charge is 0.372 e. The summed E-state index contributed by atoms with van der Waals surface area (Å²) in [4.78, 5) is 14.5. The lowest BCUT2D eigenvalue weighted by Crippen LogP contribution is -2.23. The Hall–Kier alpha value is -2.75. The molecule has 3 rings (SSSR count). The Morgan fingerprint density at radius 1 is 1.08 bits per heavy atom. The molecule has 0 bridgehead atoms. The number of carbonyl (C=O) groups is 1. The fourth-order valence-corrected chi connectivity index (χ4v) is 3.02. The van der Waals surface area contributed by atoms with Crippen molar-refractivity contribution >= 4 is 28.5 Å². The van der Waals surface area contributed by atoms with E-state index in [4.69, 9.17) is 0 Å². The van der Waals surface area contributed by atoms with Crippen LogP contribution in [0.25, 0.3) is 5.57 Å². The number of hydrogen-bond acceptors (Lipinski definition) is 3. The first-order chi connectivity index (χ1) is 12.2. The van der Waals surface area contributed by atoms with Crippen molar-refractivity contribution in [3.63, 3.8) is 0 Å². The highest BCUT2D eigenvalue weighted by Gasteiger charge is 2.23. The van der Waals surface area contributed by atoms with Gasteiger partial charge in [0.25, 0.3) is 5.91 Å². The number of rotatable bonds is 7. The number of para-hydroxylation sites is 1. The SMILES string of the molecule is CCCCN(CC)c1ccc(NC=C2C(=O)Nc3ccccc32)cc1. The first kappa shape index (κ1) is 17.1. The van der Waals surface area contributed by atoms with E-state index in [1.807, 2.05) is 24.3 Å². The molecule has 1 heterocycles. The molecule has 4 heteroatoms. The van der Waals surface area contributed by atoms with Crippen molar-refractivity contribution in [3.05, 3.63) is 60.3 Å². The van der Waals surface area contributed by atoms with Crippen molar-refractivity contribution in [3.8, 4) is 0 Å². The molecule has 0 aliphatic carbocycles. The number of nitrogens with zero attached hydrogens (tertiary/aromatic N) is 1. The summed E-state index contributed by atoms with van der Waals surface area (Å²) in [5.41, 5.74) is 4.68. The number of fused-ring (bicyclic) bond motifs is 1. The summed E-state index contributed by atoms with van der Waals surface area (Å²) in [7, 11) is 0. The summed E-state index contributed by atoms with van der Waals surface area (Å²) >= 11 is 0. The van der Waals surface area contributed by atoms with Crippen molar-refractivity contribution in [1.82, 2.24) is 0 Å². The molecule has 4 nitrogen and oxygen atoms in total. The first-order valence-corrected chi connectivity index (χ1v) is 8.95. The van der Waals surface area contributed by atoms with Crippen LogP contribution < -0.4 is 15.5 Å². The number of amides is 1. The number of unbranched alkanes of at least 4 members (excludes halogenated alkanes) is 1. The second-order valence-corrected chi connectivity index (χ2v) is 6.18. The summed E-state index contributed by atoms with van der Waals surface area (Å²) in [6.07, 6.45) is 4.19. The molecular formula is C21H25N3O. The lowest BCUT2D eigenvalue weighted by Gasteiger charge is -2.23. The Morgan fingerprint density at radius 2 is 1.84 bits per heavy atom. The number of carbonyl (C=O) groups excluding carboxylic acids is 1. The number of hydrogen-bond donors (Lipinski definition) is 2. The topological polar surface area (TPSA) is 44.4 Å². The third-order valence-corrected chi connectivity index (χ3v) is 4.49. The lowest BCUT2D eigenvalue weighted by atomic mass is 10.1. The van der Waals surface area contributed by atoms with Gasteiger partial charge in [-0.1, -0.05) is 31.5 Å². The minimum atomic E-state index is -0.0676. The van der Waals surface area contributed by atoms with Crippen molar-refractivity contribution in [2.75, 3.05) is 28.6 Å². The van der Waals surface area contributed by atoms with Crippen LogP contribution in [0.5, 0.6) is 0 Å². The third-order valence-electron chi connectivity index (χ3n) is 4.49. The van der Waals surface area contributed by atoms with Crippen LogP contribution in [0, 0.1) is 0 Å². The zero-order chi connectivity index (χ0) is 17.6. The molecule has 2 N–H and O–H groups in total. The van der Waals surface area contributed by atoms with Gasteiger partial charge in [0.05, 0.1) is 5.57 Å². The van der Waals surface area contributed by atoms with E-state index in [1.165, 1.54) is 18.5 Å². The molecule has 2 aromatic carbocycles. The van der Waals surface area contributed by atoms with Crippen LogP contribution in [0.2, 0.25) is 0 Å². The van der Waals surface area contributed by atoms with E-state index in [1.54, 1.807) is 6.20 Å². The van der Waals surface area contributed by atoms with Gasteiger partial charge in [0.15, 0.2) is 0 Å². The van der Waals surface area contributed by atoms with Crippen LogP contribution in [0.4, 0.5) is 17.1 Å². The van der Waals surface area contributed by atoms with Crippen molar-refractivity contribution < 1.29 is 4.79 Å². The van der Waals surface area contributed by atoms with Crippen LogP contribution in [0.15, 0.2) is 54.7 Å². The minimum Gasteiger partial charge on any atom is -0.372 e. The summed E-state index contributed by atoms with van der Waals surface area (Å²) in [6.45, 7) is 6.49. The third kappa shape index (κ3) is 3.85. The molecule has 25 heavy (non-hydrogen) atoms. The van der Waals surface area contributed by atoms with Crippen LogP contribution >= 0.6 is 0 Å². The number of benzene rings is 2. The minimum absolute atomic E-state index is 0.0676. The molecule has 0 aromatic heterocycles. The molecule has 0 saturated heterocycles. The highest BCUT2D eigenvalue weighted by Crippen LogP contribution is 2.31. The zero-order valence-electron chi connectivity index (χ0n) is 14.9. The Kier molecular flexibility index (Phi) is 5.39. The Balaban J connectivity index is 1.71. The van der Waals surface area contributed by atoms with E-state index in [0.717, 1.165) is 30.0 Å². The maximum atomic E-state index is 12.1. The van der Waals surface area contributed by atoms with Gasteiger partial charge in [-0.05, 0) is 43.7 Å². The average molecular weight is 335 g/mol. The summed E-state index contributed by atoms with van der Waals surface area (Å²) < 4.78 is 0. The maximum Gasteiger partial charge on any atom is 0.257 e. The summed E-state index contributed by atoms with van der Waals surface area (Å²) in [5.74, 6) is -0.0676. The van der Waals surface area contributed by atoms with Gasteiger partial charge in [0.1, 0.15) is 0 Å². The molecule has 1 amide bonds. The van der Waals surface area contributed by atoms with Crippen LogP contribution in [0.1, 0.15) is 32.3 Å². The van der Waals surface area contributed by atoms with Crippen molar-refractivity contribution in [2.45, 2.75) is 26.7 Å². The molecule has 2 aromatic rings. The Labute approximate surface area is 149 Å². The molecule has 0 spiro atoms. The first-order valence-electron chi connectivity index (χ1n) is 8.95. The van der Waals surface area contributed by atoms with Gasteiger partial charge < -0.3 is 15.5 Å². The predicted molar refractivity (Wildman–Crippen MR) is 106 cm³/mol. The molecule has 0 fully saturated rings. The lowest BCUT2D eigenvalue weighted by molar-refractivity contribution is -0.110. The molecule has 0 atom stereocenters. The average Bonchev–Trinajstić information content (AvgIpc) is 2.96. The summed E-state index contributed by atoms with van der Waals surface area (Å²) in [6, 6.07) is 16.1. The van der Waals surface area contributed by atoms with E-state index in [2.05, 4.69) is 53.6 Å². The molecule has 130 valence electrons. The fraction of sp³-hybridized carbons (Fsp3) is 0.286. The molecular weight excluding hydrogens is 310 g/mol.